The minimum atomic E-state index is -0.245. The van der Waals surface area contributed by atoms with Crippen molar-refractivity contribution in [3.63, 3.8) is 0 Å². The lowest BCUT2D eigenvalue weighted by Gasteiger charge is -2.08. The lowest BCUT2D eigenvalue weighted by molar-refractivity contribution is 0.361. The van der Waals surface area contributed by atoms with Gasteiger partial charge in [-0.25, -0.2) is 4.39 Å². The van der Waals surface area contributed by atoms with E-state index in [1.54, 1.807) is 18.2 Å². The Labute approximate surface area is 134 Å². The SMILES string of the molecule is CC(C)C[C@H](N)c1nnc(SCc2ccccc2F)o1.Cl. The molecule has 0 bridgehead atoms. The number of thioether (sulfide) groups is 1. The molecule has 0 saturated heterocycles. The van der Waals surface area contributed by atoms with Crippen LogP contribution in [0.5, 0.6) is 0 Å². The Hall–Kier alpha value is -1.11. The third-order valence-corrected chi connectivity index (χ3v) is 3.64. The molecule has 0 unspecified atom stereocenters. The Kier molecular flexibility index (Phi) is 7.14. The van der Waals surface area contributed by atoms with Gasteiger partial charge in [-0.15, -0.1) is 22.6 Å². The molecule has 0 aliphatic heterocycles. The molecule has 0 aliphatic carbocycles. The summed E-state index contributed by atoms with van der Waals surface area (Å²) in [6.07, 6.45) is 0.791. The van der Waals surface area contributed by atoms with Crippen molar-refractivity contribution < 1.29 is 8.81 Å². The van der Waals surface area contributed by atoms with E-state index in [2.05, 4.69) is 24.0 Å². The molecule has 4 nitrogen and oxygen atoms in total. The normalized spacial score (nSPS) is 12.2. The average Bonchev–Trinajstić information content (AvgIpc) is 2.86. The summed E-state index contributed by atoms with van der Waals surface area (Å²) >= 11 is 1.31. The molecule has 1 atom stereocenters. The maximum atomic E-state index is 13.5. The Morgan fingerprint density at radius 2 is 2.00 bits per heavy atom. The van der Waals surface area contributed by atoms with E-state index in [1.165, 1.54) is 17.8 Å². The Bertz CT molecular complexity index is 565. The predicted octanol–water partition coefficient (Wildman–Crippen LogP) is 3.97. The number of rotatable bonds is 6. The quantitative estimate of drug-likeness (QED) is 0.811. The van der Waals surface area contributed by atoms with E-state index in [9.17, 15) is 4.39 Å². The molecule has 116 valence electrons. The molecule has 0 spiro atoms. The fraction of sp³-hybridized carbons (Fsp3) is 0.429. The minimum absolute atomic E-state index is 0. The molecule has 2 aromatic rings. The Balaban J connectivity index is 0.00000220. The van der Waals surface area contributed by atoms with Crippen molar-refractivity contribution in [3.8, 4) is 0 Å². The fourth-order valence-corrected chi connectivity index (χ4v) is 2.55. The van der Waals surface area contributed by atoms with Crippen LogP contribution in [0.2, 0.25) is 0 Å². The first kappa shape index (κ1) is 17.9. The van der Waals surface area contributed by atoms with E-state index in [4.69, 9.17) is 10.2 Å². The second kappa shape index (κ2) is 8.36. The molecule has 1 aromatic heterocycles. The highest BCUT2D eigenvalue weighted by atomic mass is 35.5. The van der Waals surface area contributed by atoms with E-state index in [0.29, 0.717) is 28.3 Å². The maximum absolute atomic E-state index is 13.5. The largest absolute Gasteiger partial charge is 0.414 e. The number of hydrogen-bond donors (Lipinski definition) is 1. The first-order chi connectivity index (χ1) is 9.56. The topological polar surface area (TPSA) is 64.9 Å². The van der Waals surface area contributed by atoms with E-state index >= 15 is 0 Å². The molecular formula is C14H19ClFN3OS. The summed E-state index contributed by atoms with van der Waals surface area (Å²) in [5.74, 6) is 1.13. The van der Waals surface area contributed by atoms with Crippen molar-refractivity contribution in [1.82, 2.24) is 10.2 Å². The molecule has 2 N–H and O–H groups in total. The summed E-state index contributed by atoms with van der Waals surface area (Å²) in [5.41, 5.74) is 6.59. The van der Waals surface area contributed by atoms with Crippen LogP contribution < -0.4 is 5.73 Å². The van der Waals surface area contributed by atoms with E-state index in [0.717, 1.165) is 6.42 Å². The second-order valence-corrected chi connectivity index (χ2v) is 5.95. The molecule has 0 aliphatic rings. The second-order valence-electron chi connectivity index (χ2n) is 5.02. The standard InChI is InChI=1S/C14H18FN3OS.ClH/c1-9(2)7-12(16)13-17-18-14(19-13)20-8-10-5-3-4-6-11(10)15;/h3-6,9,12H,7-8,16H2,1-2H3;1H/t12-;/m0./s1. The number of nitrogens with two attached hydrogens (primary N) is 1. The number of benzene rings is 1. The molecule has 0 radical (unpaired) electrons. The average molecular weight is 332 g/mol. The number of nitrogens with zero attached hydrogens (tertiary/aromatic N) is 2. The van der Waals surface area contributed by atoms with Crippen LogP contribution >= 0.6 is 24.2 Å². The van der Waals surface area contributed by atoms with Crippen molar-refractivity contribution in [1.29, 1.82) is 0 Å². The molecule has 0 saturated carbocycles. The highest BCUT2D eigenvalue weighted by Crippen LogP contribution is 2.25. The van der Waals surface area contributed by atoms with Gasteiger partial charge in [0.05, 0.1) is 6.04 Å². The fourth-order valence-electron chi connectivity index (χ4n) is 1.79. The highest BCUT2D eigenvalue weighted by Gasteiger charge is 2.16. The van der Waals surface area contributed by atoms with Crippen molar-refractivity contribution >= 4 is 24.2 Å². The number of halogens is 2. The van der Waals surface area contributed by atoms with Crippen LogP contribution in [0.25, 0.3) is 0 Å². The number of aromatic nitrogens is 2. The molecule has 2 rings (SSSR count). The summed E-state index contributed by atoms with van der Waals surface area (Å²) in [6, 6.07) is 6.40. The van der Waals surface area contributed by atoms with Gasteiger partial charge in [-0.1, -0.05) is 43.8 Å². The zero-order valence-electron chi connectivity index (χ0n) is 12.0. The zero-order chi connectivity index (χ0) is 14.5. The molecule has 7 heteroatoms. The third-order valence-electron chi connectivity index (χ3n) is 2.77. The van der Waals surface area contributed by atoms with Crippen LogP contribution in [-0.2, 0) is 5.75 Å². The van der Waals surface area contributed by atoms with E-state index in [1.807, 2.05) is 0 Å². The van der Waals surface area contributed by atoms with Crippen molar-refractivity contribution in [3.05, 3.63) is 41.5 Å². The predicted molar refractivity (Wildman–Crippen MR) is 83.9 cm³/mol. The van der Waals surface area contributed by atoms with Gasteiger partial charge in [-0.05, 0) is 24.0 Å². The first-order valence-electron chi connectivity index (χ1n) is 6.51. The van der Waals surface area contributed by atoms with Crippen LogP contribution in [0, 0.1) is 11.7 Å². The van der Waals surface area contributed by atoms with Gasteiger partial charge in [-0.2, -0.15) is 0 Å². The highest BCUT2D eigenvalue weighted by molar-refractivity contribution is 7.98. The summed E-state index contributed by atoms with van der Waals surface area (Å²) in [7, 11) is 0. The van der Waals surface area contributed by atoms with Gasteiger partial charge in [0.2, 0.25) is 5.89 Å². The van der Waals surface area contributed by atoms with Crippen LogP contribution in [0.1, 0.15) is 37.8 Å². The van der Waals surface area contributed by atoms with Crippen LogP contribution in [0.4, 0.5) is 4.39 Å². The third kappa shape index (κ3) is 5.30. The Morgan fingerprint density at radius 3 is 2.67 bits per heavy atom. The van der Waals surface area contributed by atoms with Gasteiger partial charge in [0.25, 0.3) is 5.22 Å². The summed E-state index contributed by atoms with van der Waals surface area (Å²) in [5, 5.41) is 8.30. The Morgan fingerprint density at radius 1 is 1.29 bits per heavy atom. The first-order valence-corrected chi connectivity index (χ1v) is 7.50. The zero-order valence-corrected chi connectivity index (χ0v) is 13.6. The maximum Gasteiger partial charge on any atom is 0.276 e. The molecule has 1 heterocycles. The van der Waals surface area contributed by atoms with Crippen LogP contribution in [-0.4, -0.2) is 10.2 Å². The van der Waals surface area contributed by atoms with Gasteiger partial charge in [0.1, 0.15) is 5.82 Å². The molecule has 0 fully saturated rings. The molecule has 21 heavy (non-hydrogen) atoms. The van der Waals surface area contributed by atoms with Crippen LogP contribution in [0.15, 0.2) is 33.9 Å². The summed E-state index contributed by atoms with van der Waals surface area (Å²) < 4.78 is 19.0. The summed E-state index contributed by atoms with van der Waals surface area (Å²) in [4.78, 5) is 0. The van der Waals surface area contributed by atoms with Gasteiger partial charge in [0.15, 0.2) is 0 Å². The van der Waals surface area contributed by atoms with Gasteiger partial charge in [0, 0.05) is 5.75 Å². The van der Waals surface area contributed by atoms with E-state index in [-0.39, 0.29) is 24.3 Å². The van der Waals surface area contributed by atoms with E-state index < -0.39 is 0 Å². The molecule has 0 amide bonds. The number of hydrogen-bond acceptors (Lipinski definition) is 5. The smallest absolute Gasteiger partial charge is 0.276 e. The van der Waals surface area contributed by atoms with Gasteiger partial charge < -0.3 is 10.2 Å². The lowest BCUT2D eigenvalue weighted by Crippen LogP contribution is -2.13. The molecule has 1 aromatic carbocycles. The molecular weight excluding hydrogens is 313 g/mol. The van der Waals surface area contributed by atoms with Crippen molar-refractivity contribution in [2.75, 3.05) is 0 Å². The minimum Gasteiger partial charge on any atom is -0.414 e. The van der Waals surface area contributed by atoms with Gasteiger partial charge >= 0.3 is 0 Å². The monoisotopic (exact) mass is 331 g/mol. The van der Waals surface area contributed by atoms with Gasteiger partial charge in [-0.3, -0.25) is 0 Å². The summed E-state index contributed by atoms with van der Waals surface area (Å²) in [6.45, 7) is 4.17. The van der Waals surface area contributed by atoms with Crippen molar-refractivity contribution in [2.24, 2.45) is 11.7 Å². The van der Waals surface area contributed by atoms with Crippen molar-refractivity contribution in [2.45, 2.75) is 37.3 Å². The lowest BCUT2D eigenvalue weighted by atomic mass is 10.1. The van der Waals surface area contributed by atoms with Crippen LogP contribution in [0.3, 0.4) is 0 Å².